The number of amides is 1. The number of nitrogens with one attached hydrogen (secondary N) is 1. The molecule has 0 bridgehead atoms. The third kappa shape index (κ3) is 4.25. The second-order valence-electron chi connectivity index (χ2n) is 4.93. The monoisotopic (exact) mass is 362 g/mol. The molecule has 3 rings (SSSR count). The van der Waals surface area contributed by atoms with Crippen LogP contribution in [0.5, 0.6) is 0 Å². The third-order valence-electron chi connectivity index (χ3n) is 3.20. The highest BCUT2D eigenvalue weighted by Gasteiger charge is 2.09. The normalized spacial score (nSPS) is 10.9. The van der Waals surface area contributed by atoms with Crippen molar-refractivity contribution in [2.24, 2.45) is 0 Å². The number of hydrogen-bond acceptors (Lipinski definition) is 4. The highest BCUT2D eigenvalue weighted by atomic mass is 35.5. The van der Waals surface area contributed by atoms with E-state index in [0.29, 0.717) is 16.6 Å². The highest BCUT2D eigenvalue weighted by Crippen LogP contribution is 2.28. The summed E-state index contributed by atoms with van der Waals surface area (Å²) in [6, 6.07) is 13.6. The summed E-state index contributed by atoms with van der Waals surface area (Å²) in [5.74, 6) is 0.979. The molecule has 0 saturated heterocycles. The maximum absolute atomic E-state index is 12.2. The summed E-state index contributed by atoms with van der Waals surface area (Å²) in [5.41, 5.74) is 1.84. The lowest BCUT2D eigenvalue weighted by Crippen LogP contribution is -2.14. The van der Waals surface area contributed by atoms with E-state index in [2.05, 4.69) is 29.4 Å². The zero-order valence-corrected chi connectivity index (χ0v) is 14.9. The van der Waals surface area contributed by atoms with Crippen LogP contribution >= 0.6 is 34.7 Å². The van der Waals surface area contributed by atoms with Crippen molar-refractivity contribution in [3.63, 3.8) is 0 Å². The zero-order valence-electron chi connectivity index (χ0n) is 12.5. The number of halogens is 1. The minimum atomic E-state index is -0.0638. The minimum absolute atomic E-state index is 0.0638. The molecule has 2 aromatic carbocycles. The van der Waals surface area contributed by atoms with Crippen molar-refractivity contribution in [3.05, 3.63) is 53.1 Å². The van der Waals surface area contributed by atoms with E-state index in [0.717, 1.165) is 21.5 Å². The van der Waals surface area contributed by atoms with E-state index in [4.69, 9.17) is 11.6 Å². The van der Waals surface area contributed by atoms with Gasteiger partial charge in [-0.05, 0) is 41.6 Å². The van der Waals surface area contributed by atoms with Gasteiger partial charge in [-0.1, -0.05) is 42.0 Å². The van der Waals surface area contributed by atoms with Gasteiger partial charge in [0.2, 0.25) is 5.91 Å². The Balaban J connectivity index is 1.65. The van der Waals surface area contributed by atoms with E-state index in [-0.39, 0.29) is 5.91 Å². The highest BCUT2D eigenvalue weighted by molar-refractivity contribution is 7.99. The maximum Gasteiger partial charge on any atom is 0.230 e. The Morgan fingerprint density at radius 3 is 2.78 bits per heavy atom. The fourth-order valence-corrected chi connectivity index (χ4v) is 3.99. The summed E-state index contributed by atoms with van der Waals surface area (Å²) < 4.78 is 0.966. The van der Waals surface area contributed by atoms with Crippen molar-refractivity contribution in [1.82, 2.24) is 4.98 Å². The van der Waals surface area contributed by atoms with Crippen LogP contribution in [0.15, 0.2) is 47.4 Å². The molecule has 3 nitrogen and oxygen atoms in total. The first-order chi connectivity index (χ1) is 11.1. The molecule has 23 heavy (non-hydrogen) atoms. The van der Waals surface area contributed by atoms with E-state index in [1.807, 2.05) is 24.3 Å². The van der Waals surface area contributed by atoms with Gasteiger partial charge in [0.25, 0.3) is 0 Å². The Hall–Kier alpha value is -1.56. The SMILES string of the molecule is CCSc1ccc(CC(=O)Nc2nc3ccc(Cl)cc3s2)cc1. The summed E-state index contributed by atoms with van der Waals surface area (Å²) in [4.78, 5) is 17.8. The maximum atomic E-state index is 12.2. The standard InChI is InChI=1S/C17H15ClN2OS2/c1-2-22-13-6-3-11(4-7-13)9-16(21)20-17-19-14-8-5-12(18)10-15(14)23-17/h3-8,10H,2,9H2,1H3,(H,19,20,21). The van der Waals surface area contributed by atoms with Gasteiger partial charge in [0.15, 0.2) is 5.13 Å². The topological polar surface area (TPSA) is 42.0 Å². The van der Waals surface area contributed by atoms with Crippen LogP contribution in [-0.2, 0) is 11.2 Å². The van der Waals surface area contributed by atoms with Crippen molar-refractivity contribution < 1.29 is 4.79 Å². The van der Waals surface area contributed by atoms with Crippen LogP contribution in [0.1, 0.15) is 12.5 Å². The Bertz CT molecular complexity index is 830. The molecule has 1 amide bonds. The largest absolute Gasteiger partial charge is 0.302 e. The second-order valence-corrected chi connectivity index (χ2v) is 7.74. The number of hydrogen-bond donors (Lipinski definition) is 1. The van der Waals surface area contributed by atoms with Crippen molar-refractivity contribution >= 4 is 56.0 Å². The van der Waals surface area contributed by atoms with Crippen LogP contribution in [0.3, 0.4) is 0 Å². The summed E-state index contributed by atoms with van der Waals surface area (Å²) >= 11 is 9.18. The lowest BCUT2D eigenvalue weighted by atomic mass is 10.1. The molecule has 3 aromatic rings. The molecule has 0 fully saturated rings. The average molecular weight is 363 g/mol. The van der Waals surface area contributed by atoms with E-state index < -0.39 is 0 Å². The summed E-state index contributed by atoms with van der Waals surface area (Å²) in [6.07, 6.45) is 0.341. The Labute approximate surface area is 148 Å². The number of rotatable bonds is 5. The minimum Gasteiger partial charge on any atom is -0.302 e. The molecule has 1 N–H and O–H groups in total. The molecule has 0 atom stereocenters. The molecule has 0 radical (unpaired) electrons. The smallest absolute Gasteiger partial charge is 0.230 e. The van der Waals surface area contributed by atoms with Crippen LogP contribution < -0.4 is 5.32 Å². The van der Waals surface area contributed by atoms with Crippen LogP contribution in [0.25, 0.3) is 10.2 Å². The molecular weight excluding hydrogens is 348 g/mol. The number of thiazole rings is 1. The number of fused-ring (bicyclic) bond motifs is 1. The molecule has 0 aliphatic rings. The molecule has 0 spiro atoms. The van der Waals surface area contributed by atoms with Crippen molar-refractivity contribution in [1.29, 1.82) is 0 Å². The predicted molar refractivity (Wildman–Crippen MR) is 99.8 cm³/mol. The number of anilines is 1. The van der Waals surface area contributed by atoms with E-state index >= 15 is 0 Å². The van der Waals surface area contributed by atoms with Gasteiger partial charge in [-0.2, -0.15) is 0 Å². The van der Waals surface area contributed by atoms with Crippen molar-refractivity contribution in [2.45, 2.75) is 18.2 Å². The van der Waals surface area contributed by atoms with Crippen LogP contribution in [0.4, 0.5) is 5.13 Å². The quantitative estimate of drug-likeness (QED) is 0.631. The Kier molecular flexibility index (Phi) is 5.20. The molecule has 118 valence electrons. The molecule has 0 aliphatic heterocycles. The Morgan fingerprint density at radius 1 is 1.26 bits per heavy atom. The van der Waals surface area contributed by atoms with E-state index in [9.17, 15) is 4.79 Å². The zero-order chi connectivity index (χ0) is 16.2. The van der Waals surface area contributed by atoms with E-state index in [1.165, 1.54) is 16.2 Å². The summed E-state index contributed by atoms with van der Waals surface area (Å²) in [6.45, 7) is 2.12. The van der Waals surface area contributed by atoms with Gasteiger partial charge >= 0.3 is 0 Å². The third-order valence-corrected chi connectivity index (χ3v) is 5.26. The predicted octanol–water partition coefficient (Wildman–Crippen LogP) is 5.24. The molecule has 0 unspecified atom stereocenters. The van der Waals surface area contributed by atoms with Crippen LogP contribution in [0, 0.1) is 0 Å². The number of aromatic nitrogens is 1. The average Bonchev–Trinajstić information content (AvgIpc) is 2.90. The molecule has 6 heteroatoms. The van der Waals surface area contributed by atoms with Gasteiger partial charge in [0, 0.05) is 9.92 Å². The van der Waals surface area contributed by atoms with Gasteiger partial charge in [-0.15, -0.1) is 11.8 Å². The molecule has 0 saturated carbocycles. The summed E-state index contributed by atoms with van der Waals surface area (Å²) in [5, 5.41) is 4.13. The van der Waals surface area contributed by atoms with E-state index in [1.54, 1.807) is 17.8 Å². The van der Waals surface area contributed by atoms with Gasteiger partial charge < -0.3 is 5.32 Å². The molecular formula is C17H15ClN2OS2. The van der Waals surface area contributed by atoms with Crippen LogP contribution in [-0.4, -0.2) is 16.6 Å². The first-order valence-corrected chi connectivity index (χ1v) is 9.40. The van der Waals surface area contributed by atoms with Gasteiger partial charge in [-0.3, -0.25) is 4.79 Å². The van der Waals surface area contributed by atoms with Gasteiger partial charge in [0.1, 0.15) is 0 Å². The first kappa shape index (κ1) is 16.3. The van der Waals surface area contributed by atoms with Crippen molar-refractivity contribution in [3.8, 4) is 0 Å². The lowest BCUT2D eigenvalue weighted by molar-refractivity contribution is -0.115. The first-order valence-electron chi connectivity index (χ1n) is 7.21. The molecule has 0 aliphatic carbocycles. The fourth-order valence-electron chi connectivity index (χ4n) is 2.17. The second kappa shape index (κ2) is 7.34. The Morgan fingerprint density at radius 2 is 2.04 bits per heavy atom. The molecule has 1 aromatic heterocycles. The fraction of sp³-hybridized carbons (Fsp3) is 0.176. The van der Waals surface area contributed by atoms with Crippen molar-refractivity contribution in [2.75, 3.05) is 11.1 Å². The lowest BCUT2D eigenvalue weighted by Gasteiger charge is -2.03. The summed E-state index contributed by atoms with van der Waals surface area (Å²) in [7, 11) is 0. The van der Waals surface area contributed by atoms with Gasteiger partial charge in [0.05, 0.1) is 16.6 Å². The number of benzene rings is 2. The van der Waals surface area contributed by atoms with Gasteiger partial charge in [-0.25, -0.2) is 4.98 Å². The molecule has 1 heterocycles. The number of nitrogens with zero attached hydrogens (tertiary/aromatic N) is 1. The number of carbonyl (C=O) groups is 1. The number of thioether (sulfide) groups is 1. The number of carbonyl (C=O) groups excluding carboxylic acids is 1. The van der Waals surface area contributed by atoms with Crippen LogP contribution in [0.2, 0.25) is 5.02 Å².